The van der Waals surface area contributed by atoms with Gasteiger partial charge in [0.2, 0.25) is 5.91 Å². The van der Waals surface area contributed by atoms with Crippen LogP contribution in [-0.2, 0) is 4.79 Å². The van der Waals surface area contributed by atoms with Gasteiger partial charge in [-0.2, -0.15) is 0 Å². The van der Waals surface area contributed by atoms with E-state index >= 15 is 0 Å². The number of nitrogens with zero attached hydrogens (tertiary/aromatic N) is 2. The van der Waals surface area contributed by atoms with E-state index in [-0.39, 0.29) is 5.92 Å². The molecule has 104 valence electrons. The Labute approximate surface area is 111 Å². The van der Waals surface area contributed by atoms with Crippen LogP contribution in [0.25, 0.3) is 0 Å². The molecule has 1 N–H and O–H groups in total. The SMILES string of the molecule is CC1NCCCC1C(=O)N1CCCC(N(C)C)C1. The monoisotopic (exact) mass is 253 g/mol. The van der Waals surface area contributed by atoms with Crippen LogP contribution in [0, 0.1) is 5.92 Å². The fourth-order valence-electron chi connectivity index (χ4n) is 3.19. The predicted molar refractivity (Wildman–Crippen MR) is 73.5 cm³/mol. The fraction of sp³-hybridized carbons (Fsp3) is 0.929. The normalized spacial score (nSPS) is 33.8. The summed E-state index contributed by atoms with van der Waals surface area (Å²) in [7, 11) is 4.23. The number of amides is 1. The van der Waals surface area contributed by atoms with Crippen molar-refractivity contribution in [2.45, 2.75) is 44.7 Å². The minimum Gasteiger partial charge on any atom is -0.341 e. The Hall–Kier alpha value is -0.610. The molecule has 0 aromatic rings. The highest BCUT2D eigenvalue weighted by Crippen LogP contribution is 2.22. The molecule has 0 bridgehead atoms. The minimum absolute atomic E-state index is 0.194. The number of piperidine rings is 2. The first-order valence-electron chi connectivity index (χ1n) is 7.28. The summed E-state index contributed by atoms with van der Waals surface area (Å²) in [5.74, 6) is 0.570. The van der Waals surface area contributed by atoms with Gasteiger partial charge in [-0.1, -0.05) is 0 Å². The third kappa shape index (κ3) is 3.04. The molecular formula is C14H27N3O. The van der Waals surface area contributed by atoms with Gasteiger partial charge in [0.15, 0.2) is 0 Å². The number of likely N-dealkylation sites (tertiary alicyclic amines) is 1. The van der Waals surface area contributed by atoms with E-state index in [1.165, 1.54) is 6.42 Å². The van der Waals surface area contributed by atoms with Gasteiger partial charge in [-0.25, -0.2) is 0 Å². The van der Waals surface area contributed by atoms with E-state index in [1.54, 1.807) is 0 Å². The quantitative estimate of drug-likeness (QED) is 0.795. The van der Waals surface area contributed by atoms with E-state index in [1.807, 2.05) is 0 Å². The number of carbonyl (C=O) groups excluding carboxylic acids is 1. The van der Waals surface area contributed by atoms with Crippen molar-refractivity contribution in [2.75, 3.05) is 33.7 Å². The maximum Gasteiger partial charge on any atom is 0.227 e. The summed E-state index contributed by atoms with van der Waals surface area (Å²) < 4.78 is 0. The van der Waals surface area contributed by atoms with E-state index in [0.717, 1.165) is 38.9 Å². The third-order valence-corrected chi connectivity index (χ3v) is 4.52. The van der Waals surface area contributed by atoms with Gasteiger partial charge in [0, 0.05) is 25.2 Å². The van der Waals surface area contributed by atoms with E-state index in [2.05, 4.69) is 36.1 Å². The molecule has 2 fully saturated rings. The summed E-state index contributed by atoms with van der Waals surface area (Å²) in [5, 5.41) is 3.43. The van der Waals surface area contributed by atoms with Crippen LogP contribution in [0.3, 0.4) is 0 Å². The molecule has 0 aliphatic carbocycles. The Morgan fingerprint density at radius 2 is 2.06 bits per heavy atom. The van der Waals surface area contributed by atoms with Crippen LogP contribution in [0.15, 0.2) is 0 Å². The van der Waals surface area contributed by atoms with Crippen LogP contribution in [0.4, 0.5) is 0 Å². The summed E-state index contributed by atoms with van der Waals surface area (Å²) in [4.78, 5) is 17.0. The average Bonchev–Trinajstić information content (AvgIpc) is 2.38. The van der Waals surface area contributed by atoms with Crippen molar-refractivity contribution in [3.63, 3.8) is 0 Å². The molecule has 2 heterocycles. The van der Waals surface area contributed by atoms with E-state index < -0.39 is 0 Å². The number of rotatable bonds is 2. The van der Waals surface area contributed by atoms with E-state index in [0.29, 0.717) is 18.0 Å². The van der Waals surface area contributed by atoms with Crippen molar-refractivity contribution < 1.29 is 4.79 Å². The highest BCUT2D eigenvalue weighted by Gasteiger charge is 2.33. The van der Waals surface area contributed by atoms with Crippen LogP contribution in [-0.4, -0.2) is 61.5 Å². The van der Waals surface area contributed by atoms with Gasteiger partial charge >= 0.3 is 0 Å². The van der Waals surface area contributed by atoms with Crippen molar-refractivity contribution >= 4 is 5.91 Å². The number of nitrogens with one attached hydrogen (secondary N) is 1. The number of carbonyl (C=O) groups is 1. The Morgan fingerprint density at radius 3 is 2.72 bits per heavy atom. The molecule has 0 spiro atoms. The summed E-state index contributed by atoms with van der Waals surface area (Å²) in [5.41, 5.74) is 0. The maximum absolute atomic E-state index is 12.6. The van der Waals surface area contributed by atoms with Crippen LogP contribution >= 0.6 is 0 Å². The van der Waals surface area contributed by atoms with Crippen molar-refractivity contribution in [1.29, 1.82) is 0 Å². The highest BCUT2D eigenvalue weighted by molar-refractivity contribution is 5.79. The largest absolute Gasteiger partial charge is 0.341 e. The standard InChI is InChI=1S/C14H27N3O/c1-11-13(7-4-8-15-11)14(18)17-9-5-6-12(10-17)16(2)3/h11-13,15H,4-10H2,1-3H3. The topological polar surface area (TPSA) is 35.6 Å². The van der Waals surface area contributed by atoms with E-state index in [4.69, 9.17) is 0 Å². The van der Waals surface area contributed by atoms with Gasteiger partial charge in [-0.15, -0.1) is 0 Å². The van der Waals surface area contributed by atoms with E-state index in [9.17, 15) is 4.79 Å². The van der Waals surface area contributed by atoms with Crippen molar-refractivity contribution in [1.82, 2.24) is 15.1 Å². The summed E-state index contributed by atoms with van der Waals surface area (Å²) in [6, 6.07) is 0.875. The van der Waals surface area contributed by atoms with Crippen molar-refractivity contribution in [3.8, 4) is 0 Å². The first-order chi connectivity index (χ1) is 8.59. The maximum atomic E-state index is 12.6. The molecule has 2 rings (SSSR count). The zero-order chi connectivity index (χ0) is 13.1. The molecule has 3 atom stereocenters. The van der Waals surface area contributed by atoms with Gasteiger partial charge in [-0.3, -0.25) is 4.79 Å². The van der Waals surface area contributed by atoms with Crippen LogP contribution in [0.2, 0.25) is 0 Å². The smallest absolute Gasteiger partial charge is 0.227 e. The van der Waals surface area contributed by atoms with Gasteiger partial charge < -0.3 is 15.1 Å². The van der Waals surface area contributed by atoms with Crippen LogP contribution in [0.1, 0.15) is 32.6 Å². The molecule has 2 saturated heterocycles. The lowest BCUT2D eigenvalue weighted by Crippen LogP contribution is -2.53. The Kier molecular flexibility index (Phi) is 4.62. The summed E-state index contributed by atoms with van der Waals surface area (Å²) >= 11 is 0. The molecule has 4 nitrogen and oxygen atoms in total. The molecule has 0 aromatic heterocycles. The zero-order valence-electron chi connectivity index (χ0n) is 12.0. The fourth-order valence-corrected chi connectivity index (χ4v) is 3.19. The van der Waals surface area contributed by atoms with Gasteiger partial charge in [0.25, 0.3) is 0 Å². The van der Waals surface area contributed by atoms with Crippen molar-refractivity contribution in [3.05, 3.63) is 0 Å². The Balaban J connectivity index is 1.95. The summed E-state index contributed by atoms with van der Waals surface area (Å²) in [6.45, 7) is 5.07. The molecule has 2 aliphatic heterocycles. The average molecular weight is 253 g/mol. The van der Waals surface area contributed by atoms with Gasteiger partial charge in [0.1, 0.15) is 0 Å². The molecular weight excluding hydrogens is 226 g/mol. The molecule has 2 aliphatic rings. The number of hydrogen-bond donors (Lipinski definition) is 1. The van der Waals surface area contributed by atoms with Gasteiger partial charge in [-0.05, 0) is 53.2 Å². The molecule has 1 amide bonds. The first-order valence-corrected chi connectivity index (χ1v) is 7.28. The van der Waals surface area contributed by atoms with Crippen LogP contribution < -0.4 is 5.32 Å². The third-order valence-electron chi connectivity index (χ3n) is 4.52. The molecule has 0 aromatic carbocycles. The highest BCUT2D eigenvalue weighted by atomic mass is 16.2. The van der Waals surface area contributed by atoms with Crippen molar-refractivity contribution in [2.24, 2.45) is 5.92 Å². The predicted octanol–water partition coefficient (Wildman–Crippen LogP) is 0.927. The lowest BCUT2D eigenvalue weighted by molar-refractivity contribution is -0.139. The number of likely N-dealkylation sites (N-methyl/N-ethyl adjacent to an activating group) is 1. The molecule has 18 heavy (non-hydrogen) atoms. The summed E-state index contributed by atoms with van der Waals surface area (Å²) in [6.07, 6.45) is 4.54. The zero-order valence-corrected chi connectivity index (χ0v) is 12.0. The lowest BCUT2D eigenvalue weighted by atomic mass is 9.89. The molecule has 0 radical (unpaired) electrons. The first kappa shape index (κ1) is 13.8. The second kappa shape index (κ2) is 6.02. The van der Waals surface area contributed by atoms with Crippen LogP contribution in [0.5, 0.6) is 0 Å². The second-order valence-corrected chi connectivity index (χ2v) is 6.04. The second-order valence-electron chi connectivity index (χ2n) is 6.04. The van der Waals surface area contributed by atoms with Gasteiger partial charge in [0.05, 0.1) is 5.92 Å². The minimum atomic E-state index is 0.194. The Bertz CT molecular complexity index is 293. The Morgan fingerprint density at radius 1 is 1.28 bits per heavy atom. The lowest BCUT2D eigenvalue weighted by Gasteiger charge is -2.39. The molecule has 4 heteroatoms. The number of hydrogen-bond acceptors (Lipinski definition) is 3. The molecule has 3 unspecified atom stereocenters. The molecule has 0 saturated carbocycles.